The van der Waals surface area contributed by atoms with Gasteiger partial charge in [0.2, 0.25) is 5.88 Å². The maximum Gasteiger partial charge on any atom is 0.335 e. The fourth-order valence-corrected chi connectivity index (χ4v) is 1.54. The van der Waals surface area contributed by atoms with Crippen LogP contribution in [0.2, 0.25) is 0 Å². The number of carbonyl (C=O) groups is 1. The van der Waals surface area contributed by atoms with E-state index >= 15 is 0 Å². The van der Waals surface area contributed by atoms with Crippen LogP contribution in [0.25, 0.3) is 0 Å². The second kappa shape index (κ2) is 7.85. The third-order valence-corrected chi connectivity index (χ3v) is 2.59. The SMILES string of the molecule is CC(C)COCCOc1cc(C(=O)O)cc(C(C)C)n1. The number of pyridine rings is 1. The smallest absolute Gasteiger partial charge is 0.335 e. The molecule has 1 aromatic heterocycles. The number of aromatic carboxylic acids is 1. The monoisotopic (exact) mass is 281 g/mol. The van der Waals surface area contributed by atoms with Crippen LogP contribution in [0.3, 0.4) is 0 Å². The molecule has 0 amide bonds. The Kier molecular flexibility index (Phi) is 6.45. The van der Waals surface area contributed by atoms with Crippen LogP contribution in [0.5, 0.6) is 5.88 Å². The van der Waals surface area contributed by atoms with Crippen LogP contribution < -0.4 is 4.74 Å². The maximum absolute atomic E-state index is 11.1. The minimum Gasteiger partial charge on any atom is -0.478 e. The van der Waals surface area contributed by atoms with Gasteiger partial charge in [-0.25, -0.2) is 9.78 Å². The molecule has 0 radical (unpaired) electrons. The summed E-state index contributed by atoms with van der Waals surface area (Å²) in [6.45, 7) is 9.59. The molecule has 20 heavy (non-hydrogen) atoms. The lowest BCUT2D eigenvalue weighted by Crippen LogP contribution is -2.12. The van der Waals surface area contributed by atoms with Crippen LogP contribution in [0.1, 0.15) is 49.7 Å². The van der Waals surface area contributed by atoms with Crippen LogP contribution >= 0.6 is 0 Å². The summed E-state index contributed by atoms with van der Waals surface area (Å²) in [5.74, 6) is -0.0122. The number of hydrogen-bond donors (Lipinski definition) is 1. The van der Waals surface area contributed by atoms with Crippen molar-refractivity contribution in [1.82, 2.24) is 4.98 Å². The standard InChI is InChI=1S/C15H23NO4/c1-10(2)9-19-5-6-20-14-8-12(15(17)18)7-13(16-14)11(3)4/h7-8,10-11H,5-6,9H2,1-4H3,(H,17,18). The molecule has 0 aliphatic heterocycles. The van der Waals surface area contributed by atoms with Crippen LogP contribution in [-0.2, 0) is 4.74 Å². The van der Waals surface area contributed by atoms with Gasteiger partial charge in [0.1, 0.15) is 6.61 Å². The van der Waals surface area contributed by atoms with E-state index in [1.165, 1.54) is 6.07 Å². The van der Waals surface area contributed by atoms with Crippen molar-refractivity contribution >= 4 is 5.97 Å². The zero-order valence-corrected chi connectivity index (χ0v) is 12.5. The molecule has 0 spiro atoms. The Labute approximate surface area is 119 Å². The van der Waals surface area contributed by atoms with Gasteiger partial charge in [0, 0.05) is 18.4 Å². The van der Waals surface area contributed by atoms with Crippen LogP contribution in [0, 0.1) is 5.92 Å². The second-order valence-corrected chi connectivity index (χ2v) is 5.40. The number of nitrogens with zero attached hydrogens (tertiary/aromatic N) is 1. The highest BCUT2D eigenvalue weighted by Crippen LogP contribution is 2.19. The molecule has 1 aromatic rings. The van der Waals surface area contributed by atoms with E-state index in [4.69, 9.17) is 14.6 Å². The minimum absolute atomic E-state index is 0.147. The van der Waals surface area contributed by atoms with E-state index < -0.39 is 5.97 Å². The molecule has 0 aromatic carbocycles. The van der Waals surface area contributed by atoms with Gasteiger partial charge in [-0.15, -0.1) is 0 Å². The highest BCUT2D eigenvalue weighted by molar-refractivity contribution is 5.88. The molecule has 0 fully saturated rings. The number of rotatable bonds is 8. The number of hydrogen-bond acceptors (Lipinski definition) is 4. The summed E-state index contributed by atoms with van der Waals surface area (Å²) in [4.78, 5) is 15.4. The topological polar surface area (TPSA) is 68.7 Å². The van der Waals surface area contributed by atoms with Gasteiger partial charge in [0.25, 0.3) is 0 Å². The van der Waals surface area contributed by atoms with E-state index in [1.54, 1.807) is 6.07 Å². The average molecular weight is 281 g/mol. The second-order valence-electron chi connectivity index (χ2n) is 5.40. The molecule has 0 saturated heterocycles. The van der Waals surface area contributed by atoms with Crippen LogP contribution in [0.4, 0.5) is 0 Å². The summed E-state index contributed by atoms with van der Waals surface area (Å²) >= 11 is 0. The van der Waals surface area contributed by atoms with E-state index in [2.05, 4.69) is 18.8 Å². The first-order chi connectivity index (χ1) is 9.40. The van der Waals surface area contributed by atoms with Gasteiger partial charge >= 0.3 is 5.97 Å². The summed E-state index contributed by atoms with van der Waals surface area (Å²) in [5.41, 5.74) is 0.907. The summed E-state index contributed by atoms with van der Waals surface area (Å²) in [6.07, 6.45) is 0. The maximum atomic E-state index is 11.1. The third-order valence-electron chi connectivity index (χ3n) is 2.59. The molecule has 0 atom stereocenters. The van der Waals surface area contributed by atoms with E-state index in [1.807, 2.05) is 13.8 Å². The molecule has 1 N–H and O–H groups in total. The average Bonchev–Trinajstić information content (AvgIpc) is 2.37. The lowest BCUT2D eigenvalue weighted by molar-refractivity contribution is 0.0694. The van der Waals surface area contributed by atoms with Crippen molar-refractivity contribution in [3.8, 4) is 5.88 Å². The van der Waals surface area contributed by atoms with Crippen molar-refractivity contribution in [3.05, 3.63) is 23.4 Å². The van der Waals surface area contributed by atoms with Crippen molar-refractivity contribution in [2.75, 3.05) is 19.8 Å². The normalized spacial score (nSPS) is 11.1. The molecular weight excluding hydrogens is 258 g/mol. The molecule has 0 aliphatic rings. The predicted octanol–water partition coefficient (Wildman–Crippen LogP) is 2.95. The molecule has 5 nitrogen and oxygen atoms in total. The van der Waals surface area contributed by atoms with Gasteiger partial charge in [-0.1, -0.05) is 27.7 Å². The molecule has 1 rings (SSSR count). The summed E-state index contributed by atoms with van der Waals surface area (Å²) in [7, 11) is 0. The van der Waals surface area contributed by atoms with Crippen molar-refractivity contribution in [1.29, 1.82) is 0 Å². The zero-order valence-electron chi connectivity index (χ0n) is 12.5. The van der Waals surface area contributed by atoms with E-state index in [0.29, 0.717) is 37.3 Å². The Morgan fingerprint density at radius 1 is 1.25 bits per heavy atom. The van der Waals surface area contributed by atoms with Crippen molar-refractivity contribution in [2.45, 2.75) is 33.6 Å². The quantitative estimate of drug-likeness (QED) is 0.742. The highest BCUT2D eigenvalue weighted by Gasteiger charge is 2.11. The Hall–Kier alpha value is -1.62. The van der Waals surface area contributed by atoms with Gasteiger partial charge in [-0.05, 0) is 17.9 Å². The van der Waals surface area contributed by atoms with Gasteiger partial charge in [0.05, 0.1) is 12.2 Å². The minimum atomic E-state index is -0.977. The molecular formula is C15H23NO4. The first kappa shape index (κ1) is 16.4. The van der Waals surface area contributed by atoms with Crippen LogP contribution in [-0.4, -0.2) is 35.9 Å². The lowest BCUT2D eigenvalue weighted by Gasteiger charge is -2.11. The molecule has 0 unspecified atom stereocenters. The van der Waals surface area contributed by atoms with Crippen molar-refractivity contribution in [2.24, 2.45) is 5.92 Å². The molecule has 0 bridgehead atoms. The van der Waals surface area contributed by atoms with Gasteiger partial charge in [-0.2, -0.15) is 0 Å². The Bertz CT molecular complexity index is 443. The van der Waals surface area contributed by atoms with E-state index in [0.717, 1.165) is 0 Å². The zero-order chi connectivity index (χ0) is 15.1. The van der Waals surface area contributed by atoms with Gasteiger partial charge < -0.3 is 14.6 Å². The summed E-state index contributed by atoms with van der Waals surface area (Å²) < 4.78 is 10.9. The number of carboxylic acid groups (broad SMARTS) is 1. The van der Waals surface area contributed by atoms with Crippen molar-refractivity contribution in [3.63, 3.8) is 0 Å². The Morgan fingerprint density at radius 3 is 2.50 bits per heavy atom. The van der Waals surface area contributed by atoms with E-state index in [-0.39, 0.29) is 11.5 Å². The van der Waals surface area contributed by atoms with Crippen molar-refractivity contribution < 1.29 is 19.4 Å². The first-order valence-corrected chi connectivity index (χ1v) is 6.86. The van der Waals surface area contributed by atoms with Crippen LogP contribution in [0.15, 0.2) is 12.1 Å². The molecule has 1 heterocycles. The fourth-order valence-electron chi connectivity index (χ4n) is 1.54. The number of carboxylic acids is 1. The number of ether oxygens (including phenoxy) is 2. The molecule has 112 valence electrons. The molecule has 0 aliphatic carbocycles. The first-order valence-electron chi connectivity index (χ1n) is 6.86. The fraction of sp³-hybridized carbons (Fsp3) is 0.600. The van der Waals surface area contributed by atoms with Gasteiger partial charge in [0.15, 0.2) is 0 Å². The molecule has 0 saturated carbocycles. The largest absolute Gasteiger partial charge is 0.478 e. The highest BCUT2D eigenvalue weighted by atomic mass is 16.5. The lowest BCUT2D eigenvalue weighted by atomic mass is 10.1. The van der Waals surface area contributed by atoms with Gasteiger partial charge in [-0.3, -0.25) is 0 Å². The summed E-state index contributed by atoms with van der Waals surface area (Å²) in [5, 5.41) is 9.08. The Morgan fingerprint density at radius 2 is 1.95 bits per heavy atom. The third kappa shape index (κ3) is 5.57. The molecule has 5 heteroatoms. The van der Waals surface area contributed by atoms with E-state index in [9.17, 15) is 4.79 Å². The predicted molar refractivity (Wildman–Crippen MR) is 76.4 cm³/mol. The number of aromatic nitrogens is 1. The Balaban J connectivity index is 2.62. The summed E-state index contributed by atoms with van der Waals surface area (Å²) in [6, 6.07) is 3.02.